The van der Waals surface area contributed by atoms with E-state index in [9.17, 15) is 14.4 Å². The smallest absolute Gasteiger partial charge is 0.326 e. The molecule has 0 aliphatic rings. The van der Waals surface area contributed by atoms with Gasteiger partial charge in [-0.2, -0.15) is 0 Å². The van der Waals surface area contributed by atoms with Gasteiger partial charge in [-0.25, -0.2) is 9.36 Å². The number of hydrogen-bond donors (Lipinski definition) is 1. The number of carboxylic acid groups (broad SMARTS) is 1. The molecule has 7 heteroatoms. The minimum Gasteiger partial charge on any atom is -0.480 e. The Bertz CT molecular complexity index is 373. The lowest BCUT2D eigenvalue weighted by molar-refractivity contribution is -0.140. The van der Waals surface area contributed by atoms with Crippen molar-refractivity contribution in [2.24, 2.45) is 0 Å². The van der Waals surface area contributed by atoms with Gasteiger partial charge < -0.3 is 5.11 Å². The normalized spacial score (nSPS) is 12.8. The maximum atomic E-state index is 10.9. The number of aliphatic carboxylic acids is 1. The van der Waals surface area contributed by atoms with E-state index in [1.807, 2.05) is 0 Å². The zero-order valence-corrected chi connectivity index (χ0v) is 7.65. The van der Waals surface area contributed by atoms with Crippen LogP contribution in [0.25, 0.3) is 0 Å². The van der Waals surface area contributed by atoms with Crippen molar-refractivity contribution in [3.8, 4) is 0 Å². The molecule has 0 amide bonds. The van der Waals surface area contributed by atoms with E-state index in [2.05, 4.69) is 0 Å². The molecule has 1 atom stereocenters. The first-order valence-corrected chi connectivity index (χ1v) is 5.13. The van der Waals surface area contributed by atoms with E-state index in [1.165, 1.54) is 6.92 Å². The predicted octanol–water partition coefficient (Wildman–Crippen LogP) is -0.0229. The third-order valence-corrected chi connectivity index (χ3v) is 3.19. The highest BCUT2D eigenvalue weighted by Gasteiger charge is 2.18. The van der Waals surface area contributed by atoms with Crippen LogP contribution in [0, 0.1) is 0 Å². The van der Waals surface area contributed by atoms with Gasteiger partial charge in [0.2, 0.25) is 0 Å². The summed E-state index contributed by atoms with van der Waals surface area (Å²) in [5, 5.41) is 8.51. The summed E-state index contributed by atoms with van der Waals surface area (Å²) in [4.78, 5) is 31.2. The molecule has 1 N–H and O–H groups in total. The maximum absolute atomic E-state index is 10.9. The first-order valence-electron chi connectivity index (χ1n) is 2.98. The Balaban J connectivity index is 3.27. The molecular formula is C5H5NO4S2. The van der Waals surface area contributed by atoms with Crippen molar-refractivity contribution in [3.63, 3.8) is 0 Å². The summed E-state index contributed by atoms with van der Waals surface area (Å²) in [7, 11) is 1.50. The van der Waals surface area contributed by atoms with E-state index >= 15 is 0 Å². The Labute approximate surface area is 73.9 Å². The Morgan fingerprint density at radius 1 is 1.42 bits per heavy atom. The van der Waals surface area contributed by atoms with Crippen molar-refractivity contribution in [2.75, 3.05) is 0 Å². The second-order valence-corrected chi connectivity index (χ2v) is 4.11. The molecule has 0 aliphatic carbocycles. The quantitative estimate of drug-likeness (QED) is 0.691. The molecule has 1 heterocycles. The van der Waals surface area contributed by atoms with E-state index in [0.717, 1.165) is 25.2 Å². The van der Waals surface area contributed by atoms with E-state index in [4.69, 9.17) is 5.11 Å². The molecular weight excluding hydrogens is 202 g/mol. The number of hydrogen-bond acceptors (Lipinski definition) is 5. The first kappa shape index (κ1) is 9.14. The second kappa shape index (κ2) is 3.20. The van der Waals surface area contributed by atoms with Gasteiger partial charge in [0.05, 0.1) is 0 Å². The largest absolute Gasteiger partial charge is 0.480 e. The van der Waals surface area contributed by atoms with Crippen LogP contribution < -0.4 is 9.75 Å². The van der Waals surface area contributed by atoms with Crippen molar-refractivity contribution < 1.29 is 9.90 Å². The summed E-state index contributed by atoms with van der Waals surface area (Å²) in [5.74, 6) is -1.18. The Hall–Kier alpha value is -0.950. The molecule has 0 spiro atoms. The summed E-state index contributed by atoms with van der Waals surface area (Å²) in [5.41, 5.74) is 0. The molecule has 0 unspecified atom stereocenters. The van der Waals surface area contributed by atoms with Gasteiger partial charge in [-0.3, -0.25) is 9.59 Å². The second-order valence-electron chi connectivity index (χ2n) is 2.08. The molecule has 12 heavy (non-hydrogen) atoms. The average Bonchev–Trinajstić information content (AvgIpc) is 2.30. The average molecular weight is 207 g/mol. The third kappa shape index (κ3) is 1.46. The van der Waals surface area contributed by atoms with Crippen molar-refractivity contribution >= 4 is 26.7 Å². The minimum atomic E-state index is -1.18. The highest BCUT2D eigenvalue weighted by atomic mass is 32.9. The highest BCUT2D eigenvalue weighted by Crippen LogP contribution is 2.01. The molecule has 1 rings (SSSR count). The molecule has 1 aromatic heterocycles. The van der Waals surface area contributed by atoms with Gasteiger partial charge in [-0.1, -0.05) is 0 Å². The van der Waals surface area contributed by atoms with E-state index in [-0.39, 0.29) is 0 Å². The van der Waals surface area contributed by atoms with Crippen LogP contribution in [0.2, 0.25) is 0 Å². The molecule has 0 saturated carbocycles. The van der Waals surface area contributed by atoms with Crippen LogP contribution in [0.4, 0.5) is 0 Å². The topological polar surface area (TPSA) is 76.4 Å². The highest BCUT2D eigenvalue weighted by molar-refractivity contribution is 7.67. The van der Waals surface area contributed by atoms with Gasteiger partial charge in [0.25, 0.3) is 0 Å². The molecule has 0 aromatic carbocycles. The lowest BCUT2D eigenvalue weighted by Gasteiger charge is -2.02. The van der Waals surface area contributed by atoms with E-state index in [1.54, 1.807) is 0 Å². The first-order chi connectivity index (χ1) is 5.54. The number of aromatic nitrogens is 1. The summed E-state index contributed by atoms with van der Waals surface area (Å²) < 4.78 is 0.734. The fraction of sp³-hybridized carbons (Fsp3) is 0.400. The summed E-state index contributed by atoms with van der Waals surface area (Å²) >= 11 is 0. The van der Waals surface area contributed by atoms with E-state index in [0.29, 0.717) is 0 Å². The molecule has 5 nitrogen and oxygen atoms in total. The van der Waals surface area contributed by atoms with Crippen molar-refractivity contribution in [1.82, 2.24) is 4.57 Å². The molecule has 0 aliphatic heterocycles. The van der Waals surface area contributed by atoms with Gasteiger partial charge >= 0.3 is 15.7 Å². The van der Waals surface area contributed by atoms with Crippen molar-refractivity contribution in [1.29, 1.82) is 0 Å². The fourth-order valence-electron chi connectivity index (χ4n) is 0.653. The lowest BCUT2D eigenvalue weighted by atomic mass is 10.3. The molecule has 66 valence electrons. The van der Waals surface area contributed by atoms with Crippen molar-refractivity contribution in [2.45, 2.75) is 13.0 Å². The number of carbonyl (C=O) groups is 1. The van der Waals surface area contributed by atoms with Crippen LogP contribution in [0.5, 0.6) is 0 Å². The summed E-state index contributed by atoms with van der Waals surface area (Å²) in [6.07, 6.45) is 0. The molecule has 0 fully saturated rings. The molecule has 0 bridgehead atoms. The fourth-order valence-corrected chi connectivity index (χ4v) is 2.41. The number of rotatable bonds is 2. The number of nitrogens with zero attached hydrogens (tertiary/aromatic N) is 1. The summed E-state index contributed by atoms with van der Waals surface area (Å²) in [6, 6.07) is -1.08. The van der Waals surface area contributed by atoms with Crippen LogP contribution >= 0.6 is 20.7 Å². The Morgan fingerprint density at radius 2 is 1.83 bits per heavy atom. The summed E-state index contributed by atoms with van der Waals surface area (Å²) in [6.45, 7) is 1.30. The third-order valence-electron chi connectivity index (χ3n) is 1.32. The van der Waals surface area contributed by atoms with Crippen LogP contribution in [-0.4, -0.2) is 15.6 Å². The van der Waals surface area contributed by atoms with Crippen LogP contribution in [-0.2, 0) is 4.79 Å². The molecule has 1 aromatic rings. The van der Waals surface area contributed by atoms with Crippen LogP contribution in [0.3, 0.4) is 0 Å². The van der Waals surface area contributed by atoms with Gasteiger partial charge in [0.15, 0.2) is 0 Å². The van der Waals surface area contributed by atoms with Crippen LogP contribution in [0.1, 0.15) is 13.0 Å². The van der Waals surface area contributed by atoms with E-state index < -0.39 is 21.8 Å². The zero-order chi connectivity index (χ0) is 9.30. The minimum absolute atomic E-state index is 0.514. The van der Waals surface area contributed by atoms with Gasteiger partial charge in [-0.15, -0.1) is 0 Å². The standard InChI is InChI=1S/C5H5NO4S2/c1-2(3(7)8)6-4(9)11-12-5(6)10/h2H,1H3,(H,7,8)/t2-/m0/s1. The predicted molar refractivity (Wildman–Crippen MR) is 45.1 cm³/mol. The molecule has 0 radical (unpaired) electrons. The Kier molecular flexibility index (Phi) is 2.43. The van der Waals surface area contributed by atoms with Crippen molar-refractivity contribution in [3.05, 3.63) is 19.3 Å². The lowest BCUT2D eigenvalue weighted by Crippen LogP contribution is -2.31. The zero-order valence-electron chi connectivity index (χ0n) is 6.01. The van der Waals surface area contributed by atoms with Gasteiger partial charge in [0, 0.05) is 0 Å². The SMILES string of the molecule is C[C@@H](C(=O)O)n1c(=O)ssc1=O. The van der Waals surface area contributed by atoms with Crippen LogP contribution in [0.15, 0.2) is 9.59 Å². The maximum Gasteiger partial charge on any atom is 0.326 e. The van der Waals surface area contributed by atoms with Gasteiger partial charge in [-0.05, 0) is 27.6 Å². The monoisotopic (exact) mass is 207 g/mol. The number of carboxylic acids is 1. The molecule has 0 saturated heterocycles. The van der Waals surface area contributed by atoms with Gasteiger partial charge in [0.1, 0.15) is 6.04 Å². The Morgan fingerprint density at radius 3 is 2.17 bits per heavy atom.